The van der Waals surface area contributed by atoms with Gasteiger partial charge in [0, 0.05) is 37.9 Å². The van der Waals surface area contributed by atoms with Crippen LogP contribution in [0.3, 0.4) is 0 Å². The first-order valence-electron chi connectivity index (χ1n) is 7.99. The molecular formula is C17H25N3O. The van der Waals surface area contributed by atoms with Crippen molar-refractivity contribution in [1.29, 1.82) is 0 Å². The van der Waals surface area contributed by atoms with Gasteiger partial charge in [0.1, 0.15) is 0 Å². The van der Waals surface area contributed by atoms with Crippen molar-refractivity contribution in [2.24, 2.45) is 0 Å². The molecule has 1 aliphatic heterocycles. The fourth-order valence-corrected chi connectivity index (χ4v) is 2.91. The lowest BCUT2D eigenvalue weighted by Crippen LogP contribution is -2.54. The summed E-state index contributed by atoms with van der Waals surface area (Å²) in [5.41, 5.74) is 2.59. The summed E-state index contributed by atoms with van der Waals surface area (Å²) in [5, 5.41) is 3.11. The van der Waals surface area contributed by atoms with E-state index in [4.69, 9.17) is 0 Å². The third-order valence-corrected chi connectivity index (χ3v) is 4.53. The topological polar surface area (TPSA) is 35.6 Å². The molecule has 1 saturated heterocycles. The Balaban J connectivity index is 1.53. The number of amides is 1. The molecule has 1 aliphatic carbocycles. The van der Waals surface area contributed by atoms with Crippen molar-refractivity contribution in [1.82, 2.24) is 10.2 Å². The molecule has 21 heavy (non-hydrogen) atoms. The summed E-state index contributed by atoms with van der Waals surface area (Å²) in [4.78, 5) is 16.8. The van der Waals surface area contributed by atoms with Crippen LogP contribution in [-0.4, -0.2) is 49.1 Å². The van der Waals surface area contributed by atoms with Gasteiger partial charge in [-0.15, -0.1) is 0 Å². The lowest BCUT2D eigenvalue weighted by atomic mass is 10.1. The number of nitrogens with one attached hydrogen (secondary N) is 1. The Bertz CT molecular complexity index is 505. The SMILES string of the molecule is Cc1cccc(N2CCN(C(C)C(=O)NC3CC3)CC2)c1. The second kappa shape index (κ2) is 6.06. The van der Waals surface area contributed by atoms with E-state index in [0.29, 0.717) is 6.04 Å². The first kappa shape index (κ1) is 14.4. The van der Waals surface area contributed by atoms with E-state index >= 15 is 0 Å². The molecule has 1 N–H and O–H groups in total. The molecule has 1 unspecified atom stereocenters. The van der Waals surface area contributed by atoms with E-state index in [1.165, 1.54) is 11.3 Å². The Labute approximate surface area is 127 Å². The van der Waals surface area contributed by atoms with Crippen molar-refractivity contribution in [3.8, 4) is 0 Å². The highest BCUT2D eigenvalue weighted by Gasteiger charge is 2.29. The Morgan fingerprint density at radius 2 is 1.95 bits per heavy atom. The standard InChI is InChI=1S/C17H25N3O/c1-13-4-3-5-16(12-13)20-10-8-19(9-11-20)14(2)17(21)18-15-6-7-15/h3-5,12,14-15H,6-11H2,1-2H3,(H,18,21). The first-order chi connectivity index (χ1) is 10.1. The van der Waals surface area contributed by atoms with Crippen molar-refractivity contribution < 1.29 is 4.79 Å². The smallest absolute Gasteiger partial charge is 0.237 e. The number of hydrogen-bond acceptors (Lipinski definition) is 3. The zero-order valence-corrected chi connectivity index (χ0v) is 13.0. The molecular weight excluding hydrogens is 262 g/mol. The van der Waals surface area contributed by atoms with Gasteiger partial charge < -0.3 is 10.2 Å². The van der Waals surface area contributed by atoms with E-state index in [2.05, 4.69) is 46.3 Å². The zero-order chi connectivity index (χ0) is 14.8. The summed E-state index contributed by atoms with van der Waals surface area (Å²) < 4.78 is 0. The number of nitrogens with zero attached hydrogens (tertiary/aromatic N) is 2. The van der Waals surface area contributed by atoms with Crippen molar-refractivity contribution in [2.45, 2.75) is 38.8 Å². The van der Waals surface area contributed by atoms with Crippen LogP contribution in [0.4, 0.5) is 5.69 Å². The van der Waals surface area contributed by atoms with Crippen LogP contribution >= 0.6 is 0 Å². The van der Waals surface area contributed by atoms with E-state index < -0.39 is 0 Å². The van der Waals surface area contributed by atoms with E-state index in [-0.39, 0.29) is 11.9 Å². The number of aryl methyl sites for hydroxylation is 1. The van der Waals surface area contributed by atoms with Gasteiger partial charge in [0.15, 0.2) is 0 Å². The van der Waals surface area contributed by atoms with Gasteiger partial charge in [0.25, 0.3) is 0 Å². The van der Waals surface area contributed by atoms with E-state index in [1.807, 2.05) is 6.92 Å². The summed E-state index contributed by atoms with van der Waals surface area (Å²) in [6.45, 7) is 8.04. The molecule has 2 aliphatic rings. The number of carbonyl (C=O) groups is 1. The highest BCUT2D eigenvalue weighted by Crippen LogP contribution is 2.20. The number of rotatable bonds is 4. The second-order valence-electron chi connectivity index (χ2n) is 6.32. The third-order valence-electron chi connectivity index (χ3n) is 4.53. The van der Waals surface area contributed by atoms with Crippen molar-refractivity contribution in [3.63, 3.8) is 0 Å². The van der Waals surface area contributed by atoms with Gasteiger partial charge in [0.05, 0.1) is 6.04 Å². The molecule has 1 atom stereocenters. The Morgan fingerprint density at radius 1 is 1.24 bits per heavy atom. The molecule has 0 radical (unpaired) electrons. The largest absolute Gasteiger partial charge is 0.369 e. The molecule has 2 fully saturated rings. The van der Waals surface area contributed by atoms with Gasteiger partial charge in [-0.2, -0.15) is 0 Å². The number of hydrogen-bond donors (Lipinski definition) is 1. The normalized spacial score (nSPS) is 21.1. The average molecular weight is 287 g/mol. The minimum atomic E-state index is -0.00902. The van der Waals surface area contributed by atoms with Crippen LogP contribution in [0, 0.1) is 6.92 Å². The van der Waals surface area contributed by atoms with Crippen LogP contribution < -0.4 is 10.2 Å². The number of benzene rings is 1. The number of piperazine rings is 1. The maximum atomic E-state index is 12.1. The fourth-order valence-electron chi connectivity index (χ4n) is 2.91. The maximum absolute atomic E-state index is 12.1. The van der Waals surface area contributed by atoms with E-state index in [9.17, 15) is 4.79 Å². The molecule has 1 amide bonds. The Morgan fingerprint density at radius 3 is 2.57 bits per heavy atom. The summed E-state index contributed by atoms with van der Waals surface area (Å²) in [5.74, 6) is 0.196. The molecule has 114 valence electrons. The van der Waals surface area contributed by atoms with E-state index in [1.54, 1.807) is 0 Å². The molecule has 3 rings (SSSR count). The third kappa shape index (κ3) is 3.56. The van der Waals surface area contributed by atoms with E-state index in [0.717, 1.165) is 39.0 Å². The Kier molecular flexibility index (Phi) is 4.15. The minimum absolute atomic E-state index is 0.00902. The summed E-state index contributed by atoms with van der Waals surface area (Å²) >= 11 is 0. The average Bonchev–Trinajstić information content (AvgIpc) is 3.30. The number of carbonyl (C=O) groups excluding carboxylic acids is 1. The van der Waals surface area contributed by atoms with Gasteiger partial charge in [-0.25, -0.2) is 0 Å². The summed E-state index contributed by atoms with van der Waals surface area (Å²) in [6, 6.07) is 9.09. The fraction of sp³-hybridized carbons (Fsp3) is 0.588. The monoisotopic (exact) mass is 287 g/mol. The van der Waals surface area contributed by atoms with Crippen LogP contribution in [-0.2, 0) is 4.79 Å². The van der Waals surface area contributed by atoms with Crippen LogP contribution in [0.1, 0.15) is 25.3 Å². The molecule has 0 aromatic heterocycles. The molecule has 0 bridgehead atoms. The van der Waals surface area contributed by atoms with Crippen LogP contribution in [0.5, 0.6) is 0 Å². The van der Waals surface area contributed by atoms with Crippen LogP contribution in [0.2, 0.25) is 0 Å². The summed E-state index contributed by atoms with van der Waals surface area (Å²) in [6.07, 6.45) is 2.30. The highest BCUT2D eigenvalue weighted by molar-refractivity contribution is 5.81. The lowest BCUT2D eigenvalue weighted by Gasteiger charge is -2.38. The molecule has 1 aromatic carbocycles. The molecule has 1 saturated carbocycles. The Hall–Kier alpha value is -1.55. The van der Waals surface area contributed by atoms with Gasteiger partial charge in [-0.1, -0.05) is 12.1 Å². The predicted molar refractivity (Wildman–Crippen MR) is 85.6 cm³/mol. The van der Waals surface area contributed by atoms with Crippen molar-refractivity contribution >= 4 is 11.6 Å². The molecule has 4 heteroatoms. The van der Waals surface area contributed by atoms with Crippen molar-refractivity contribution in [2.75, 3.05) is 31.1 Å². The molecule has 0 spiro atoms. The van der Waals surface area contributed by atoms with Gasteiger partial charge in [-0.05, 0) is 44.4 Å². The van der Waals surface area contributed by atoms with Gasteiger partial charge in [-0.3, -0.25) is 9.69 Å². The lowest BCUT2D eigenvalue weighted by molar-refractivity contribution is -0.126. The molecule has 1 heterocycles. The minimum Gasteiger partial charge on any atom is -0.369 e. The second-order valence-corrected chi connectivity index (χ2v) is 6.32. The first-order valence-corrected chi connectivity index (χ1v) is 7.99. The number of anilines is 1. The van der Waals surface area contributed by atoms with Crippen LogP contribution in [0.25, 0.3) is 0 Å². The maximum Gasteiger partial charge on any atom is 0.237 e. The van der Waals surface area contributed by atoms with Crippen LogP contribution in [0.15, 0.2) is 24.3 Å². The predicted octanol–water partition coefficient (Wildman–Crippen LogP) is 1.78. The van der Waals surface area contributed by atoms with Crippen molar-refractivity contribution in [3.05, 3.63) is 29.8 Å². The van der Waals surface area contributed by atoms with Gasteiger partial charge >= 0.3 is 0 Å². The molecule has 4 nitrogen and oxygen atoms in total. The highest BCUT2D eigenvalue weighted by atomic mass is 16.2. The molecule has 1 aromatic rings. The zero-order valence-electron chi connectivity index (χ0n) is 13.0. The summed E-state index contributed by atoms with van der Waals surface area (Å²) in [7, 11) is 0. The quantitative estimate of drug-likeness (QED) is 0.917. The van der Waals surface area contributed by atoms with Gasteiger partial charge in [0.2, 0.25) is 5.91 Å².